The first-order chi connectivity index (χ1) is 12.9. The molecule has 0 aliphatic carbocycles. The van der Waals surface area contributed by atoms with E-state index in [0.29, 0.717) is 31.1 Å². The number of nitrogens with zero attached hydrogens (tertiary/aromatic N) is 5. The van der Waals surface area contributed by atoms with Crippen LogP contribution in [-0.2, 0) is 9.59 Å². The number of pyridine rings is 1. The number of nitrogens with one attached hydrogen (secondary N) is 1. The molecule has 8 nitrogen and oxygen atoms in total. The van der Waals surface area contributed by atoms with Crippen LogP contribution < -0.4 is 10.2 Å². The van der Waals surface area contributed by atoms with Crippen LogP contribution in [-0.4, -0.2) is 72.7 Å². The van der Waals surface area contributed by atoms with Gasteiger partial charge in [-0.15, -0.1) is 0 Å². The summed E-state index contributed by atoms with van der Waals surface area (Å²) in [5.41, 5.74) is 1.49. The first kappa shape index (κ1) is 19.1. The van der Waals surface area contributed by atoms with Gasteiger partial charge < -0.3 is 15.1 Å². The highest BCUT2D eigenvalue weighted by Gasteiger charge is 2.27. The molecule has 27 heavy (non-hydrogen) atoms. The Morgan fingerprint density at radius 3 is 2.70 bits per heavy atom. The van der Waals surface area contributed by atoms with Crippen molar-refractivity contribution < 1.29 is 9.59 Å². The second kappa shape index (κ2) is 8.37. The van der Waals surface area contributed by atoms with E-state index in [1.165, 1.54) is 5.01 Å². The number of likely N-dealkylation sites (tertiary alicyclic amines) is 1. The van der Waals surface area contributed by atoms with Gasteiger partial charge in [-0.3, -0.25) is 9.59 Å². The Bertz CT molecular complexity index is 715. The van der Waals surface area contributed by atoms with E-state index in [4.69, 9.17) is 0 Å². The van der Waals surface area contributed by atoms with Crippen LogP contribution in [0.4, 0.5) is 11.5 Å². The predicted molar refractivity (Wildman–Crippen MR) is 106 cm³/mol. The third-order valence-corrected chi connectivity index (χ3v) is 5.05. The number of aromatic nitrogens is 1. The van der Waals surface area contributed by atoms with E-state index in [-0.39, 0.29) is 11.8 Å². The van der Waals surface area contributed by atoms with Crippen LogP contribution in [0.1, 0.15) is 32.1 Å². The summed E-state index contributed by atoms with van der Waals surface area (Å²) in [5.74, 6) is 0.850. The molecule has 0 radical (unpaired) electrons. The van der Waals surface area contributed by atoms with E-state index in [9.17, 15) is 9.59 Å². The van der Waals surface area contributed by atoms with Crippen LogP contribution >= 0.6 is 0 Å². The second-order valence-electron chi connectivity index (χ2n) is 7.33. The van der Waals surface area contributed by atoms with Crippen LogP contribution in [0.15, 0.2) is 23.4 Å². The lowest BCUT2D eigenvalue weighted by Gasteiger charge is -2.25. The maximum atomic E-state index is 12.7. The average molecular weight is 372 g/mol. The van der Waals surface area contributed by atoms with Crippen molar-refractivity contribution in [3.8, 4) is 0 Å². The largest absolute Gasteiger partial charge is 0.381 e. The molecular formula is C19H28N6O2. The van der Waals surface area contributed by atoms with Crippen molar-refractivity contribution in [2.45, 2.75) is 38.1 Å². The number of carbonyl (C=O) groups excluding carboxylic acids is 2. The summed E-state index contributed by atoms with van der Waals surface area (Å²) in [4.78, 5) is 32.6. The molecule has 0 spiro atoms. The van der Waals surface area contributed by atoms with Gasteiger partial charge in [0.05, 0.1) is 11.9 Å². The summed E-state index contributed by atoms with van der Waals surface area (Å²) >= 11 is 0. The molecule has 1 saturated heterocycles. The van der Waals surface area contributed by atoms with Gasteiger partial charge in [0.25, 0.3) is 5.91 Å². The first-order valence-electron chi connectivity index (χ1n) is 9.47. The molecule has 1 aromatic heterocycles. The molecule has 0 bridgehead atoms. The van der Waals surface area contributed by atoms with E-state index >= 15 is 0 Å². The Morgan fingerprint density at radius 1 is 1.22 bits per heavy atom. The summed E-state index contributed by atoms with van der Waals surface area (Å²) < 4.78 is 0. The molecule has 2 amide bonds. The molecular weight excluding hydrogens is 344 g/mol. The van der Waals surface area contributed by atoms with Gasteiger partial charge in [0.15, 0.2) is 0 Å². The number of amides is 2. The number of hydrazone groups is 1. The van der Waals surface area contributed by atoms with Gasteiger partial charge in [-0.25, -0.2) is 9.99 Å². The molecule has 2 aliphatic heterocycles. The zero-order chi connectivity index (χ0) is 19.4. The Kier molecular flexibility index (Phi) is 5.93. The molecule has 1 aromatic rings. The number of hydrogen-bond acceptors (Lipinski definition) is 6. The normalized spacial score (nSPS) is 20.8. The third kappa shape index (κ3) is 4.75. The summed E-state index contributed by atoms with van der Waals surface area (Å²) in [6.07, 6.45) is 5.47. The molecule has 0 aromatic carbocycles. The van der Waals surface area contributed by atoms with E-state index in [1.807, 2.05) is 42.2 Å². The third-order valence-electron chi connectivity index (χ3n) is 5.05. The molecule has 146 valence electrons. The molecule has 1 N–H and O–H groups in total. The highest BCUT2D eigenvalue weighted by atomic mass is 16.2. The van der Waals surface area contributed by atoms with E-state index in [1.54, 1.807) is 7.05 Å². The monoisotopic (exact) mass is 372 g/mol. The van der Waals surface area contributed by atoms with Crippen molar-refractivity contribution in [1.29, 1.82) is 0 Å². The van der Waals surface area contributed by atoms with Crippen LogP contribution in [0, 0.1) is 0 Å². The molecule has 8 heteroatoms. The molecule has 1 fully saturated rings. The van der Waals surface area contributed by atoms with Crippen molar-refractivity contribution >= 4 is 29.0 Å². The van der Waals surface area contributed by atoms with Gasteiger partial charge in [-0.2, -0.15) is 5.10 Å². The smallest absolute Gasteiger partial charge is 0.270 e. The number of carbonyl (C=O) groups is 2. The second-order valence-corrected chi connectivity index (χ2v) is 7.33. The molecule has 1 atom stereocenters. The predicted octanol–water partition coefficient (Wildman–Crippen LogP) is 1.55. The fraction of sp³-hybridized carbons (Fsp3) is 0.579. The van der Waals surface area contributed by atoms with Crippen molar-refractivity contribution in [3.05, 3.63) is 18.3 Å². The first-order valence-corrected chi connectivity index (χ1v) is 9.47. The van der Waals surface area contributed by atoms with Crippen LogP contribution in [0.2, 0.25) is 0 Å². The standard InChI is InChI=1S/C19H28N6O2/c1-23(2)17-8-6-15(13-20-17)21-14-5-4-11-25(12-10-14)19(27)16-7-9-18(26)24(3)22-16/h6,8,13-14,21H,4-5,7,9-12H2,1-3H3/t14-/m1/s1. The highest BCUT2D eigenvalue weighted by molar-refractivity contribution is 6.39. The van der Waals surface area contributed by atoms with Crippen LogP contribution in [0.25, 0.3) is 0 Å². The Morgan fingerprint density at radius 2 is 2.04 bits per heavy atom. The number of hydrogen-bond donors (Lipinski definition) is 1. The van der Waals surface area contributed by atoms with Crippen molar-refractivity contribution in [1.82, 2.24) is 14.9 Å². The molecule has 0 unspecified atom stereocenters. The van der Waals surface area contributed by atoms with Gasteiger partial charge in [0, 0.05) is 53.1 Å². The van der Waals surface area contributed by atoms with Crippen LogP contribution in [0.5, 0.6) is 0 Å². The quantitative estimate of drug-likeness (QED) is 0.867. The van der Waals surface area contributed by atoms with Gasteiger partial charge in [-0.1, -0.05) is 0 Å². The topological polar surface area (TPSA) is 81.1 Å². The van der Waals surface area contributed by atoms with Gasteiger partial charge in [-0.05, 0) is 31.4 Å². The Labute approximate surface area is 160 Å². The van der Waals surface area contributed by atoms with Crippen molar-refractivity contribution in [2.24, 2.45) is 5.10 Å². The van der Waals surface area contributed by atoms with Crippen molar-refractivity contribution in [2.75, 3.05) is 44.4 Å². The molecule has 3 rings (SSSR count). The average Bonchev–Trinajstić information content (AvgIpc) is 2.89. The number of anilines is 2. The van der Waals surface area contributed by atoms with E-state index in [2.05, 4.69) is 15.4 Å². The van der Waals surface area contributed by atoms with Crippen LogP contribution in [0.3, 0.4) is 0 Å². The summed E-state index contributed by atoms with van der Waals surface area (Å²) in [7, 11) is 5.54. The fourth-order valence-corrected chi connectivity index (χ4v) is 3.42. The van der Waals surface area contributed by atoms with E-state index in [0.717, 1.165) is 37.3 Å². The zero-order valence-electron chi connectivity index (χ0n) is 16.3. The number of rotatable bonds is 4. The maximum absolute atomic E-state index is 12.7. The summed E-state index contributed by atoms with van der Waals surface area (Å²) in [5, 5.41) is 8.98. The lowest BCUT2D eigenvalue weighted by Crippen LogP contribution is -2.41. The molecule has 3 heterocycles. The zero-order valence-corrected chi connectivity index (χ0v) is 16.3. The lowest BCUT2D eigenvalue weighted by molar-refractivity contribution is -0.130. The van der Waals surface area contributed by atoms with Crippen molar-refractivity contribution in [3.63, 3.8) is 0 Å². The fourth-order valence-electron chi connectivity index (χ4n) is 3.42. The van der Waals surface area contributed by atoms with Gasteiger partial charge in [0.2, 0.25) is 5.91 Å². The molecule has 2 aliphatic rings. The minimum Gasteiger partial charge on any atom is -0.381 e. The van der Waals surface area contributed by atoms with E-state index < -0.39 is 0 Å². The highest BCUT2D eigenvalue weighted by Crippen LogP contribution is 2.19. The Balaban J connectivity index is 1.56. The summed E-state index contributed by atoms with van der Waals surface area (Å²) in [6.45, 7) is 1.42. The minimum atomic E-state index is -0.0411. The SMILES string of the molecule is CN1N=C(C(=O)N2CCC[C@@H](Nc3ccc(N(C)C)nc3)CC2)CCC1=O. The van der Waals surface area contributed by atoms with Gasteiger partial charge >= 0.3 is 0 Å². The minimum absolute atomic E-state index is 0.0352. The van der Waals surface area contributed by atoms with Gasteiger partial charge in [0.1, 0.15) is 11.5 Å². The molecule has 0 saturated carbocycles. The lowest BCUT2D eigenvalue weighted by atomic mass is 10.1. The Hall–Kier alpha value is -2.64. The maximum Gasteiger partial charge on any atom is 0.270 e. The summed E-state index contributed by atoms with van der Waals surface area (Å²) in [6, 6.07) is 4.35.